The molecule has 3 aliphatic rings. The van der Waals surface area contributed by atoms with Gasteiger partial charge in [0.25, 0.3) is 11.5 Å². The van der Waals surface area contributed by atoms with E-state index in [1.807, 2.05) is 30.0 Å². The van der Waals surface area contributed by atoms with E-state index >= 15 is 4.39 Å². The van der Waals surface area contributed by atoms with Gasteiger partial charge >= 0.3 is 5.69 Å². The first-order chi connectivity index (χ1) is 22.9. The Kier molecular flexibility index (Phi) is 7.58. The molecular weight excluding hydrogens is 615 g/mol. The molecule has 2 aromatic carbocycles. The van der Waals surface area contributed by atoms with Gasteiger partial charge in [-0.05, 0) is 48.6 Å². The number of amides is 2. The molecule has 2 aromatic heterocycles. The van der Waals surface area contributed by atoms with Gasteiger partial charge in [-0.15, -0.1) is 0 Å². The lowest BCUT2D eigenvalue weighted by Gasteiger charge is -2.61. The van der Waals surface area contributed by atoms with Gasteiger partial charge in [0.1, 0.15) is 5.56 Å². The molecule has 48 heavy (non-hydrogen) atoms. The number of hydrogen-bond donors (Lipinski definition) is 1. The van der Waals surface area contributed by atoms with E-state index in [0.29, 0.717) is 11.4 Å². The van der Waals surface area contributed by atoms with E-state index in [4.69, 9.17) is 9.72 Å². The highest BCUT2D eigenvalue weighted by atomic mass is 19.1. The number of likely N-dealkylation sites (tertiary alicyclic amines) is 2. The van der Waals surface area contributed by atoms with Gasteiger partial charge in [0.05, 0.1) is 18.5 Å². The Hall–Kier alpha value is -5.10. The van der Waals surface area contributed by atoms with Gasteiger partial charge < -0.3 is 19.5 Å². The van der Waals surface area contributed by atoms with Crippen molar-refractivity contribution in [3.05, 3.63) is 97.6 Å². The number of rotatable bonds is 6. The molecule has 2 amide bonds. The largest absolute Gasteiger partial charge is 0.481 e. The van der Waals surface area contributed by atoms with Crippen LogP contribution < -0.4 is 21.3 Å². The Morgan fingerprint density at radius 1 is 1.02 bits per heavy atom. The summed E-state index contributed by atoms with van der Waals surface area (Å²) in [6, 6.07) is 12.7. The SMILES string of the molecule is COc1nc(-c2cccc(-c3cccc(NC(=O)c4cn(C)c(=O)n(C)c4=O)c3F)c2C)cc2c1[C@@H](N1CC3(CN(C(C)=O)C3)C1)CC2. The average molecular weight is 653 g/mol. The van der Waals surface area contributed by atoms with E-state index in [0.717, 1.165) is 76.7 Å². The predicted octanol–water partition coefficient (Wildman–Crippen LogP) is 3.67. The Labute approximate surface area is 276 Å². The number of ether oxygens (including phenoxy) is 1. The van der Waals surface area contributed by atoms with E-state index in [9.17, 15) is 19.2 Å². The fraction of sp³-hybridized carbons (Fsp3) is 0.361. The summed E-state index contributed by atoms with van der Waals surface area (Å²) in [5, 5.41) is 2.51. The second-order valence-corrected chi connectivity index (χ2v) is 13.3. The van der Waals surface area contributed by atoms with Crippen LogP contribution in [0, 0.1) is 18.2 Å². The van der Waals surface area contributed by atoms with E-state index in [2.05, 4.69) is 16.3 Å². The molecule has 4 heterocycles. The summed E-state index contributed by atoms with van der Waals surface area (Å²) in [6.45, 7) is 7.11. The van der Waals surface area contributed by atoms with Crippen molar-refractivity contribution in [3.63, 3.8) is 0 Å². The minimum absolute atomic E-state index is 0.0924. The monoisotopic (exact) mass is 652 g/mol. The number of aryl methyl sites for hydroxylation is 2. The van der Waals surface area contributed by atoms with E-state index in [1.165, 1.54) is 25.7 Å². The number of nitrogens with zero attached hydrogens (tertiary/aromatic N) is 5. The topological polar surface area (TPSA) is 119 Å². The summed E-state index contributed by atoms with van der Waals surface area (Å²) in [5.41, 5.74) is 4.08. The van der Waals surface area contributed by atoms with Gasteiger partial charge in [-0.1, -0.05) is 30.3 Å². The van der Waals surface area contributed by atoms with Crippen LogP contribution in [0.1, 0.15) is 46.4 Å². The zero-order chi connectivity index (χ0) is 34.1. The number of hydrogen-bond acceptors (Lipinski definition) is 7. The number of fused-ring (bicyclic) bond motifs is 1. The molecular formula is C36H37FN6O5. The molecule has 0 unspecified atom stereocenters. The molecule has 0 bridgehead atoms. The quantitative estimate of drug-likeness (QED) is 0.338. The van der Waals surface area contributed by atoms with Gasteiger partial charge in [0, 0.05) is 81.5 Å². The molecule has 12 heteroatoms. The zero-order valence-corrected chi connectivity index (χ0v) is 27.6. The van der Waals surface area contributed by atoms with Gasteiger partial charge in [0.15, 0.2) is 5.82 Å². The molecule has 1 aliphatic carbocycles. The van der Waals surface area contributed by atoms with Crippen LogP contribution in [0.2, 0.25) is 0 Å². The molecule has 0 saturated carbocycles. The molecule has 1 N–H and O–H groups in total. The average Bonchev–Trinajstić information content (AvgIpc) is 3.45. The normalized spacial score (nSPS) is 17.9. The van der Waals surface area contributed by atoms with Crippen LogP contribution >= 0.6 is 0 Å². The number of anilines is 1. The third-order valence-electron chi connectivity index (χ3n) is 10.2. The van der Waals surface area contributed by atoms with Crippen molar-refractivity contribution in [1.82, 2.24) is 23.9 Å². The number of halogens is 1. The maximum absolute atomic E-state index is 16.1. The summed E-state index contributed by atoms with van der Waals surface area (Å²) in [5.74, 6) is -0.744. The van der Waals surface area contributed by atoms with E-state index < -0.39 is 23.0 Å². The van der Waals surface area contributed by atoms with Gasteiger partial charge in [-0.3, -0.25) is 23.9 Å². The first kappa shape index (κ1) is 31.5. The third kappa shape index (κ3) is 5.02. The zero-order valence-electron chi connectivity index (χ0n) is 27.6. The summed E-state index contributed by atoms with van der Waals surface area (Å²) in [6.07, 6.45) is 3.01. The second-order valence-electron chi connectivity index (χ2n) is 13.3. The maximum Gasteiger partial charge on any atom is 0.330 e. The molecule has 7 rings (SSSR count). The van der Waals surface area contributed by atoms with Gasteiger partial charge in [-0.25, -0.2) is 14.2 Å². The van der Waals surface area contributed by atoms with Crippen molar-refractivity contribution in [2.45, 2.75) is 32.7 Å². The first-order valence-corrected chi connectivity index (χ1v) is 16.0. The number of benzene rings is 2. The van der Waals surface area contributed by atoms with Crippen LogP contribution in [-0.4, -0.2) is 69.0 Å². The molecule has 1 spiro atoms. The lowest BCUT2D eigenvalue weighted by molar-refractivity contribution is -0.161. The Morgan fingerprint density at radius 2 is 1.71 bits per heavy atom. The van der Waals surface area contributed by atoms with E-state index in [-0.39, 0.29) is 34.2 Å². The summed E-state index contributed by atoms with van der Waals surface area (Å²) in [4.78, 5) is 58.7. The Balaban J connectivity index is 1.16. The van der Waals surface area contributed by atoms with Crippen molar-refractivity contribution in [2.75, 3.05) is 38.6 Å². The lowest BCUT2D eigenvalue weighted by atomic mass is 9.72. The van der Waals surface area contributed by atoms with Crippen LogP contribution in [0.4, 0.5) is 10.1 Å². The van der Waals surface area contributed by atoms with Crippen LogP contribution in [0.15, 0.2) is 58.3 Å². The molecule has 11 nitrogen and oxygen atoms in total. The van der Waals surface area contributed by atoms with Gasteiger partial charge in [0.2, 0.25) is 11.8 Å². The van der Waals surface area contributed by atoms with Crippen molar-refractivity contribution in [3.8, 4) is 28.3 Å². The summed E-state index contributed by atoms with van der Waals surface area (Å²) >= 11 is 0. The number of carbonyl (C=O) groups is 2. The molecule has 248 valence electrons. The highest BCUT2D eigenvalue weighted by Crippen LogP contribution is 2.50. The molecule has 4 aromatic rings. The minimum Gasteiger partial charge on any atom is -0.481 e. The molecule has 2 saturated heterocycles. The van der Waals surface area contributed by atoms with Crippen molar-refractivity contribution in [1.29, 1.82) is 0 Å². The number of pyridine rings is 1. The number of aromatic nitrogens is 3. The van der Waals surface area contributed by atoms with Crippen molar-refractivity contribution < 1.29 is 18.7 Å². The number of carbonyl (C=O) groups excluding carboxylic acids is 2. The highest BCUT2D eigenvalue weighted by molar-refractivity contribution is 6.04. The molecule has 2 fully saturated rings. The fourth-order valence-corrected chi connectivity index (χ4v) is 7.66. The standard InChI is InChI=1S/C36H37FN6O5/c1-20-23(25-10-7-11-27(31(25)37)38-32(45)26-15-40(3)35(47)41(4)34(26)46)8-6-9-24(20)28-14-22-12-13-29(30(22)33(39-28)48-5)43-18-36(19-43)16-42(17-36)21(2)44/h6-11,14-15,29H,12-13,16-19H2,1-5H3,(H,38,45)/t29-/m0/s1. The summed E-state index contributed by atoms with van der Waals surface area (Å²) in [7, 11) is 4.35. The minimum atomic E-state index is -0.820. The first-order valence-electron chi connectivity index (χ1n) is 16.0. The lowest BCUT2D eigenvalue weighted by Crippen LogP contribution is -2.72. The van der Waals surface area contributed by atoms with Crippen molar-refractivity contribution >= 4 is 17.5 Å². The van der Waals surface area contributed by atoms with Crippen molar-refractivity contribution in [2.24, 2.45) is 19.5 Å². The smallest absolute Gasteiger partial charge is 0.330 e. The van der Waals surface area contributed by atoms with E-state index in [1.54, 1.807) is 26.2 Å². The predicted molar refractivity (Wildman–Crippen MR) is 179 cm³/mol. The number of methoxy groups -OCH3 is 1. The second kappa shape index (κ2) is 11.6. The van der Waals surface area contributed by atoms with Crippen LogP contribution in [0.25, 0.3) is 22.4 Å². The van der Waals surface area contributed by atoms with Gasteiger partial charge in [-0.2, -0.15) is 0 Å². The summed E-state index contributed by atoms with van der Waals surface area (Å²) < 4.78 is 23.9. The van der Waals surface area contributed by atoms with Crippen LogP contribution in [0.3, 0.4) is 0 Å². The number of nitrogens with one attached hydrogen (secondary N) is 1. The highest BCUT2D eigenvalue weighted by Gasteiger charge is 2.55. The molecule has 2 aliphatic heterocycles. The van der Waals surface area contributed by atoms with Crippen LogP contribution in [0.5, 0.6) is 5.88 Å². The Morgan fingerprint density at radius 3 is 2.42 bits per heavy atom. The molecule has 1 atom stereocenters. The maximum atomic E-state index is 16.1. The molecule has 0 radical (unpaired) electrons. The third-order valence-corrected chi connectivity index (χ3v) is 10.2. The van der Waals surface area contributed by atoms with Crippen LogP contribution in [-0.2, 0) is 25.3 Å². The fourth-order valence-electron chi connectivity index (χ4n) is 7.66. The Bertz CT molecular complexity index is 2120.